The summed E-state index contributed by atoms with van der Waals surface area (Å²) in [5.74, 6) is 2.29. The number of benzene rings is 1. The predicted molar refractivity (Wildman–Crippen MR) is 105 cm³/mol. The Labute approximate surface area is 155 Å². The number of hydrogen-bond donors (Lipinski definition) is 1. The van der Waals surface area contributed by atoms with Crippen LogP contribution in [0.25, 0.3) is 11.0 Å². The molecule has 7 heteroatoms. The zero-order valence-electron chi connectivity index (χ0n) is 15.6. The molecule has 0 bridgehead atoms. The first-order chi connectivity index (χ1) is 12.3. The summed E-state index contributed by atoms with van der Waals surface area (Å²) < 4.78 is 29.2. The molecular formula is C19H27N3O3S. The van der Waals surface area contributed by atoms with Crippen molar-refractivity contribution in [2.45, 2.75) is 32.9 Å². The second kappa shape index (κ2) is 7.70. The minimum Gasteiger partial charge on any atom is -0.459 e. The van der Waals surface area contributed by atoms with Crippen molar-refractivity contribution in [1.82, 2.24) is 10.2 Å². The van der Waals surface area contributed by atoms with E-state index in [9.17, 15) is 8.42 Å². The van der Waals surface area contributed by atoms with E-state index < -0.39 is 9.84 Å². The molecule has 1 aromatic carbocycles. The Balaban J connectivity index is 1.70. The Morgan fingerprint density at radius 2 is 2.15 bits per heavy atom. The maximum Gasteiger partial charge on any atom is 0.194 e. The van der Waals surface area contributed by atoms with Gasteiger partial charge in [-0.25, -0.2) is 8.42 Å². The minimum atomic E-state index is -2.87. The second-order valence-corrected chi connectivity index (χ2v) is 9.57. The predicted octanol–water partition coefficient (Wildman–Crippen LogP) is 2.65. The van der Waals surface area contributed by atoms with Crippen molar-refractivity contribution in [3.8, 4) is 0 Å². The van der Waals surface area contributed by atoms with Gasteiger partial charge in [-0.2, -0.15) is 0 Å². The van der Waals surface area contributed by atoms with E-state index in [4.69, 9.17) is 4.42 Å². The second-order valence-electron chi connectivity index (χ2n) is 7.34. The van der Waals surface area contributed by atoms with Crippen LogP contribution >= 0.6 is 0 Å². The molecule has 1 aliphatic heterocycles. The van der Waals surface area contributed by atoms with Crippen LogP contribution in [-0.4, -0.2) is 50.4 Å². The van der Waals surface area contributed by atoms with Gasteiger partial charge in [0.05, 0.1) is 18.1 Å². The highest BCUT2D eigenvalue weighted by Gasteiger charge is 2.27. The molecule has 0 saturated carbocycles. The van der Waals surface area contributed by atoms with E-state index in [0.29, 0.717) is 19.5 Å². The topological polar surface area (TPSA) is 74.9 Å². The maximum atomic E-state index is 11.6. The number of para-hydroxylation sites is 1. The zero-order chi connectivity index (χ0) is 18.7. The van der Waals surface area contributed by atoms with Gasteiger partial charge in [-0.05, 0) is 38.3 Å². The monoisotopic (exact) mass is 377 g/mol. The molecule has 6 nitrogen and oxygen atoms in total. The molecule has 0 aliphatic carbocycles. The van der Waals surface area contributed by atoms with Crippen LogP contribution < -0.4 is 5.32 Å². The fraction of sp³-hybridized carbons (Fsp3) is 0.526. The third-order valence-electron chi connectivity index (χ3n) is 4.47. The first-order valence-electron chi connectivity index (χ1n) is 9.02. The van der Waals surface area contributed by atoms with Crippen LogP contribution in [0.2, 0.25) is 0 Å². The molecule has 2 heterocycles. The van der Waals surface area contributed by atoms with Crippen molar-refractivity contribution < 1.29 is 12.8 Å². The summed E-state index contributed by atoms with van der Waals surface area (Å²) in [6.07, 6.45) is 0.702. The van der Waals surface area contributed by atoms with E-state index in [-0.39, 0.29) is 23.5 Å². The van der Waals surface area contributed by atoms with Gasteiger partial charge >= 0.3 is 0 Å². The summed E-state index contributed by atoms with van der Waals surface area (Å²) in [4.78, 5) is 6.70. The molecule has 0 amide bonds. The Bertz CT molecular complexity index is 853. The van der Waals surface area contributed by atoms with Crippen LogP contribution in [0.1, 0.15) is 26.0 Å². The van der Waals surface area contributed by atoms with E-state index in [0.717, 1.165) is 22.7 Å². The van der Waals surface area contributed by atoms with Crippen molar-refractivity contribution in [3.63, 3.8) is 0 Å². The van der Waals surface area contributed by atoms with Crippen molar-refractivity contribution in [1.29, 1.82) is 0 Å². The largest absolute Gasteiger partial charge is 0.459 e. The van der Waals surface area contributed by atoms with Gasteiger partial charge in [0.2, 0.25) is 0 Å². The smallest absolute Gasteiger partial charge is 0.194 e. The van der Waals surface area contributed by atoms with E-state index in [1.54, 1.807) is 0 Å². The normalized spacial score (nSPS) is 20.0. The minimum absolute atomic E-state index is 0.114. The van der Waals surface area contributed by atoms with Crippen LogP contribution in [0.5, 0.6) is 0 Å². The number of nitrogens with one attached hydrogen (secondary N) is 1. The molecule has 26 heavy (non-hydrogen) atoms. The molecular weight excluding hydrogens is 350 g/mol. The van der Waals surface area contributed by atoms with Crippen LogP contribution in [0.3, 0.4) is 0 Å². The van der Waals surface area contributed by atoms with Crippen molar-refractivity contribution >= 4 is 26.8 Å². The molecule has 1 aromatic heterocycles. The molecule has 0 radical (unpaired) electrons. The van der Waals surface area contributed by atoms with E-state index in [2.05, 4.69) is 24.2 Å². The Morgan fingerprint density at radius 3 is 2.81 bits per heavy atom. The summed E-state index contributed by atoms with van der Waals surface area (Å²) in [5.41, 5.74) is 0.877. The van der Waals surface area contributed by atoms with Gasteiger partial charge in [0.25, 0.3) is 0 Å². The summed E-state index contributed by atoms with van der Waals surface area (Å²) in [7, 11) is -0.903. The molecule has 1 atom stereocenters. The average molecular weight is 378 g/mol. The number of guanidine groups is 1. The molecule has 3 rings (SSSR count). The quantitative estimate of drug-likeness (QED) is 0.640. The van der Waals surface area contributed by atoms with E-state index in [1.165, 1.54) is 0 Å². The van der Waals surface area contributed by atoms with Crippen molar-refractivity contribution in [3.05, 3.63) is 36.1 Å². The van der Waals surface area contributed by atoms with Gasteiger partial charge in [-0.1, -0.05) is 18.2 Å². The summed E-state index contributed by atoms with van der Waals surface area (Å²) in [6, 6.07) is 10.2. The van der Waals surface area contributed by atoms with Gasteiger partial charge in [-0.15, -0.1) is 0 Å². The van der Waals surface area contributed by atoms with Gasteiger partial charge < -0.3 is 14.6 Å². The number of fused-ring (bicyclic) bond motifs is 1. The maximum absolute atomic E-state index is 11.6. The van der Waals surface area contributed by atoms with Crippen LogP contribution in [0.15, 0.2) is 39.7 Å². The first-order valence-corrected chi connectivity index (χ1v) is 10.8. The molecule has 0 spiro atoms. The molecule has 1 fully saturated rings. The van der Waals surface area contributed by atoms with Crippen LogP contribution in [0, 0.1) is 5.92 Å². The number of hydrogen-bond acceptors (Lipinski definition) is 4. The standard InChI is InChI=1S/C19H27N3O3S/c1-14(2)21-19(20-11-15-8-9-26(23,24)13-15)22(3)12-17-10-16-6-4-5-7-18(16)25-17/h4-7,10,14-15H,8-9,11-13H2,1-3H3,(H,20,21). The molecule has 1 unspecified atom stereocenters. The summed E-state index contributed by atoms with van der Waals surface area (Å²) >= 11 is 0. The Hall–Kier alpha value is -2.02. The highest BCUT2D eigenvalue weighted by Crippen LogP contribution is 2.20. The zero-order valence-corrected chi connectivity index (χ0v) is 16.4. The molecule has 142 valence electrons. The lowest BCUT2D eigenvalue weighted by molar-refractivity contribution is 0.406. The number of sulfone groups is 1. The third-order valence-corrected chi connectivity index (χ3v) is 6.31. The lowest BCUT2D eigenvalue weighted by Gasteiger charge is -2.23. The van der Waals surface area contributed by atoms with E-state index in [1.807, 2.05) is 42.3 Å². The first kappa shape index (κ1) is 18.8. The number of aliphatic imine (C=N–C) groups is 1. The summed E-state index contributed by atoms with van der Waals surface area (Å²) in [6.45, 7) is 5.24. The number of rotatable bonds is 5. The van der Waals surface area contributed by atoms with Crippen molar-refractivity contribution in [2.24, 2.45) is 10.9 Å². The molecule has 1 saturated heterocycles. The fourth-order valence-corrected chi connectivity index (χ4v) is 5.04. The summed E-state index contributed by atoms with van der Waals surface area (Å²) in [5, 5.41) is 4.45. The molecule has 2 aromatic rings. The van der Waals surface area contributed by atoms with Crippen LogP contribution in [0.4, 0.5) is 0 Å². The highest BCUT2D eigenvalue weighted by molar-refractivity contribution is 7.91. The average Bonchev–Trinajstić information content (AvgIpc) is 3.12. The Kier molecular flexibility index (Phi) is 5.55. The number of furan rings is 1. The lowest BCUT2D eigenvalue weighted by atomic mass is 10.1. The number of nitrogens with zero attached hydrogens (tertiary/aromatic N) is 2. The molecule has 1 N–H and O–H groups in total. The Morgan fingerprint density at radius 1 is 1.38 bits per heavy atom. The lowest BCUT2D eigenvalue weighted by Crippen LogP contribution is -2.42. The fourth-order valence-electron chi connectivity index (χ4n) is 3.19. The van der Waals surface area contributed by atoms with Gasteiger partial charge in [0, 0.05) is 25.0 Å². The van der Waals surface area contributed by atoms with Crippen molar-refractivity contribution in [2.75, 3.05) is 25.1 Å². The van der Waals surface area contributed by atoms with Crippen LogP contribution in [-0.2, 0) is 16.4 Å². The highest BCUT2D eigenvalue weighted by atomic mass is 32.2. The molecule has 1 aliphatic rings. The SMILES string of the molecule is CC(C)NC(=NCC1CCS(=O)(=O)C1)N(C)Cc1cc2ccccc2o1. The van der Waals surface area contributed by atoms with Gasteiger partial charge in [-0.3, -0.25) is 4.99 Å². The van der Waals surface area contributed by atoms with E-state index >= 15 is 0 Å². The van der Waals surface area contributed by atoms with Gasteiger partial charge in [0.1, 0.15) is 11.3 Å². The van der Waals surface area contributed by atoms with Gasteiger partial charge in [0.15, 0.2) is 15.8 Å². The third kappa shape index (κ3) is 4.78.